The number of carbonyl (C=O) groups is 1. The fourth-order valence-electron chi connectivity index (χ4n) is 3.18. The highest BCUT2D eigenvalue weighted by Crippen LogP contribution is 2.22. The number of nitrogens with zero attached hydrogens (tertiary/aromatic N) is 3. The Labute approximate surface area is 170 Å². The molecule has 148 valence electrons. The topological polar surface area (TPSA) is 57.7 Å². The predicted molar refractivity (Wildman–Crippen MR) is 115 cm³/mol. The quantitative estimate of drug-likeness (QED) is 0.719. The highest BCUT2D eigenvalue weighted by Gasteiger charge is 2.15. The monoisotopic (exact) mass is 388 g/mol. The number of rotatable bonds is 5. The average molecular weight is 388 g/mol. The molecule has 1 saturated heterocycles. The first kappa shape index (κ1) is 19.0. The normalized spacial score (nSPS) is 14.4. The largest absolute Gasteiger partial charge is 0.457 e. The van der Waals surface area contributed by atoms with Crippen molar-refractivity contribution in [2.75, 3.05) is 43.4 Å². The van der Waals surface area contributed by atoms with Gasteiger partial charge in [0.25, 0.3) is 5.91 Å². The molecule has 29 heavy (non-hydrogen) atoms. The van der Waals surface area contributed by atoms with E-state index in [1.54, 1.807) is 30.5 Å². The minimum absolute atomic E-state index is 0.176. The third kappa shape index (κ3) is 4.92. The van der Waals surface area contributed by atoms with Gasteiger partial charge in [0.2, 0.25) is 0 Å². The van der Waals surface area contributed by atoms with Crippen LogP contribution in [0, 0.1) is 0 Å². The first-order valence-corrected chi connectivity index (χ1v) is 9.71. The number of pyridine rings is 1. The number of benzene rings is 2. The van der Waals surface area contributed by atoms with Crippen LogP contribution < -0.4 is 15.0 Å². The summed E-state index contributed by atoms with van der Waals surface area (Å²) in [5, 5.41) is 2.90. The predicted octanol–water partition coefficient (Wildman–Crippen LogP) is 3.88. The van der Waals surface area contributed by atoms with Crippen molar-refractivity contribution in [1.82, 2.24) is 9.88 Å². The molecule has 1 fully saturated rings. The molecule has 6 heteroatoms. The van der Waals surface area contributed by atoms with Crippen LogP contribution in [0.4, 0.5) is 11.5 Å². The third-order valence-corrected chi connectivity index (χ3v) is 4.93. The molecule has 4 rings (SSSR count). The fourth-order valence-corrected chi connectivity index (χ4v) is 3.18. The Balaban J connectivity index is 1.35. The van der Waals surface area contributed by atoms with Gasteiger partial charge in [-0.2, -0.15) is 0 Å². The molecule has 0 aliphatic carbocycles. The number of aromatic nitrogens is 1. The van der Waals surface area contributed by atoms with Crippen molar-refractivity contribution in [3.8, 4) is 11.5 Å². The van der Waals surface area contributed by atoms with Gasteiger partial charge in [0.1, 0.15) is 17.3 Å². The van der Waals surface area contributed by atoms with Crippen molar-refractivity contribution in [1.29, 1.82) is 0 Å². The number of carbonyl (C=O) groups excluding carboxylic acids is 1. The van der Waals surface area contributed by atoms with Gasteiger partial charge in [0.05, 0.1) is 11.9 Å². The zero-order chi connectivity index (χ0) is 20.1. The molecule has 0 unspecified atom stereocenters. The lowest BCUT2D eigenvalue weighted by molar-refractivity contribution is 0.102. The molecule has 1 aliphatic heterocycles. The molecule has 0 radical (unpaired) electrons. The maximum Gasteiger partial charge on any atom is 0.255 e. The van der Waals surface area contributed by atoms with Gasteiger partial charge < -0.3 is 19.9 Å². The van der Waals surface area contributed by atoms with E-state index in [0.29, 0.717) is 17.0 Å². The van der Waals surface area contributed by atoms with E-state index in [2.05, 4.69) is 27.1 Å². The number of hydrogen-bond donors (Lipinski definition) is 1. The van der Waals surface area contributed by atoms with Crippen molar-refractivity contribution in [3.05, 3.63) is 78.5 Å². The summed E-state index contributed by atoms with van der Waals surface area (Å²) in [6.45, 7) is 3.99. The molecule has 3 aromatic rings. The summed E-state index contributed by atoms with van der Waals surface area (Å²) in [4.78, 5) is 21.6. The van der Waals surface area contributed by atoms with Crippen LogP contribution in [-0.2, 0) is 0 Å². The lowest BCUT2D eigenvalue weighted by Crippen LogP contribution is -2.44. The lowest BCUT2D eigenvalue weighted by Gasteiger charge is -2.33. The summed E-state index contributed by atoms with van der Waals surface area (Å²) in [5.41, 5.74) is 1.24. The van der Waals surface area contributed by atoms with Crippen LogP contribution in [0.25, 0.3) is 0 Å². The number of para-hydroxylation sites is 1. The molecule has 6 nitrogen and oxygen atoms in total. The van der Waals surface area contributed by atoms with Gasteiger partial charge in [-0.1, -0.05) is 18.2 Å². The second-order valence-corrected chi connectivity index (χ2v) is 7.09. The standard InChI is InChI=1S/C23H24N4O2/c1-26-13-15-27(16-14-26)22-12-9-19(17-24-22)25-23(28)18-7-10-21(11-8-18)29-20-5-3-2-4-6-20/h2-12,17H,13-16H2,1H3,(H,25,28). The summed E-state index contributed by atoms with van der Waals surface area (Å²) in [6.07, 6.45) is 1.71. The van der Waals surface area contributed by atoms with Crippen LogP contribution in [0.3, 0.4) is 0 Å². The molecule has 0 spiro atoms. The highest BCUT2D eigenvalue weighted by atomic mass is 16.5. The molecule has 0 saturated carbocycles. The molecule has 1 aromatic heterocycles. The first-order chi connectivity index (χ1) is 14.2. The molecule has 0 atom stereocenters. The zero-order valence-electron chi connectivity index (χ0n) is 16.4. The fraction of sp³-hybridized carbons (Fsp3) is 0.217. The number of piperazine rings is 1. The van der Waals surface area contributed by atoms with E-state index in [1.165, 1.54) is 0 Å². The third-order valence-electron chi connectivity index (χ3n) is 4.93. The number of likely N-dealkylation sites (N-methyl/N-ethyl adjacent to an activating group) is 1. The van der Waals surface area contributed by atoms with Gasteiger partial charge in [-0.05, 0) is 55.6 Å². The van der Waals surface area contributed by atoms with E-state index in [4.69, 9.17) is 4.74 Å². The average Bonchev–Trinajstić information content (AvgIpc) is 2.76. The Morgan fingerprint density at radius 1 is 0.897 bits per heavy atom. The Kier molecular flexibility index (Phi) is 5.72. The van der Waals surface area contributed by atoms with E-state index in [0.717, 1.165) is 37.7 Å². The van der Waals surface area contributed by atoms with E-state index < -0.39 is 0 Å². The summed E-state index contributed by atoms with van der Waals surface area (Å²) < 4.78 is 5.76. The van der Waals surface area contributed by atoms with Gasteiger partial charge in [-0.25, -0.2) is 4.98 Å². The maximum atomic E-state index is 12.5. The second kappa shape index (κ2) is 8.75. The summed E-state index contributed by atoms with van der Waals surface area (Å²) in [7, 11) is 2.13. The van der Waals surface area contributed by atoms with E-state index in [-0.39, 0.29) is 5.91 Å². The number of amides is 1. The van der Waals surface area contributed by atoms with Gasteiger partial charge in [0, 0.05) is 31.7 Å². The van der Waals surface area contributed by atoms with Crippen LogP contribution in [0.15, 0.2) is 72.9 Å². The van der Waals surface area contributed by atoms with Crippen molar-refractivity contribution < 1.29 is 9.53 Å². The zero-order valence-corrected chi connectivity index (χ0v) is 16.4. The first-order valence-electron chi connectivity index (χ1n) is 9.71. The van der Waals surface area contributed by atoms with Crippen molar-refractivity contribution in [2.45, 2.75) is 0 Å². The number of anilines is 2. The number of hydrogen-bond acceptors (Lipinski definition) is 5. The smallest absolute Gasteiger partial charge is 0.255 e. The van der Waals surface area contributed by atoms with E-state index in [9.17, 15) is 4.79 Å². The molecular formula is C23H24N4O2. The second-order valence-electron chi connectivity index (χ2n) is 7.09. The summed E-state index contributed by atoms with van der Waals surface area (Å²) >= 11 is 0. The lowest BCUT2D eigenvalue weighted by atomic mass is 10.2. The molecule has 2 heterocycles. The number of ether oxygens (including phenoxy) is 1. The van der Waals surface area contributed by atoms with Crippen LogP contribution >= 0.6 is 0 Å². The highest BCUT2D eigenvalue weighted by molar-refractivity contribution is 6.04. The molecule has 1 N–H and O–H groups in total. The Morgan fingerprint density at radius 3 is 2.24 bits per heavy atom. The summed E-state index contributed by atoms with van der Waals surface area (Å²) in [5.74, 6) is 2.21. The minimum atomic E-state index is -0.176. The Hall–Kier alpha value is -3.38. The van der Waals surface area contributed by atoms with Gasteiger partial charge in [0.15, 0.2) is 0 Å². The van der Waals surface area contributed by atoms with Crippen molar-refractivity contribution >= 4 is 17.4 Å². The molecular weight excluding hydrogens is 364 g/mol. The number of nitrogens with one attached hydrogen (secondary N) is 1. The molecule has 0 bridgehead atoms. The molecule has 1 aliphatic rings. The van der Waals surface area contributed by atoms with E-state index >= 15 is 0 Å². The van der Waals surface area contributed by atoms with Gasteiger partial charge in [-0.15, -0.1) is 0 Å². The van der Waals surface area contributed by atoms with Crippen LogP contribution in [0.2, 0.25) is 0 Å². The van der Waals surface area contributed by atoms with E-state index in [1.807, 2.05) is 42.5 Å². The van der Waals surface area contributed by atoms with Crippen molar-refractivity contribution in [2.24, 2.45) is 0 Å². The Morgan fingerprint density at radius 2 is 1.59 bits per heavy atom. The SMILES string of the molecule is CN1CCN(c2ccc(NC(=O)c3ccc(Oc4ccccc4)cc3)cn2)CC1. The van der Waals surface area contributed by atoms with Crippen molar-refractivity contribution in [3.63, 3.8) is 0 Å². The van der Waals surface area contributed by atoms with Gasteiger partial charge in [-0.3, -0.25) is 4.79 Å². The molecule has 1 amide bonds. The van der Waals surface area contributed by atoms with Crippen LogP contribution in [0.5, 0.6) is 11.5 Å². The summed E-state index contributed by atoms with van der Waals surface area (Å²) in [6, 6.07) is 20.5. The molecule has 2 aromatic carbocycles. The van der Waals surface area contributed by atoms with Crippen LogP contribution in [0.1, 0.15) is 10.4 Å². The Bertz CT molecular complexity index is 935. The van der Waals surface area contributed by atoms with Gasteiger partial charge >= 0.3 is 0 Å². The maximum absolute atomic E-state index is 12.5. The minimum Gasteiger partial charge on any atom is -0.457 e. The van der Waals surface area contributed by atoms with Crippen LogP contribution in [-0.4, -0.2) is 49.0 Å².